The van der Waals surface area contributed by atoms with Gasteiger partial charge in [-0.2, -0.15) is 0 Å². The number of rotatable bonds is 4. The number of carbonyl (C=O) groups is 2. The van der Waals surface area contributed by atoms with E-state index in [9.17, 15) is 9.59 Å². The summed E-state index contributed by atoms with van der Waals surface area (Å²) in [6, 6.07) is 13.7. The molecule has 2 aromatic carbocycles. The Morgan fingerprint density at radius 3 is 2.77 bits per heavy atom. The van der Waals surface area contributed by atoms with E-state index in [4.69, 9.17) is 11.6 Å². The highest BCUT2D eigenvalue weighted by molar-refractivity contribution is 8.00. The van der Waals surface area contributed by atoms with Gasteiger partial charge in [-0.05, 0) is 55.7 Å². The number of benzene rings is 2. The standard InChI is InChI=1S/C20H21ClN2O2S/c1-12-7-8-13(2)17(9-12)23-18(24)11-26-20(23)15-5-4-6-16(10-15)22-19(25)14(3)21/h4-10,14,20H,11H2,1-3H3,(H,22,25)/t14-,20+/m0/s1. The van der Waals surface area contributed by atoms with E-state index in [2.05, 4.69) is 5.32 Å². The molecule has 3 rings (SSSR count). The monoisotopic (exact) mass is 388 g/mol. The smallest absolute Gasteiger partial charge is 0.242 e. The van der Waals surface area contributed by atoms with Crippen LogP contribution in [-0.2, 0) is 9.59 Å². The van der Waals surface area contributed by atoms with Crippen LogP contribution in [-0.4, -0.2) is 22.9 Å². The molecule has 26 heavy (non-hydrogen) atoms. The van der Waals surface area contributed by atoms with Gasteiger partial charge in [-0.1, -0.05) is 24.3 Å². The first-order chi connectivity index (χ1) is 12.4. The van der Waals surface area contributed by atoms with Gasteiger partial charge in [-0.25, -0.2) is 0 Å². The molecule has 2 amide bonds. The van der Waals surface area contributed by atoms with E-state index in [1.54, 1.807) is 18.7 Å². The highest BCUT2D eigenvalue weighted by Crippen LogP contribution is 2.43. The lowest BCUT2D eigenvalue weighted by molar-refractivity contribution is -0.116. The quantitative estimate of drug-likeness (QED) is 0.775. The molecule has 1 N–H and O–H groups in total. The normalized spacial score (nSPS) is 18.1. The van der Waals surface area contributed by atoms with Gasteiger partial charge < -0.3 is 5.32 Å². The molecule has 136 valence electrons. The minimum absolute atomic E-state index is 0.0949. The lowest BCUT2D eigenvalue weighted by atomic mass is 10.1. The maximum Gasteiger partial charge on any atom is 0.242 e. The summed E-state index contributed by atoms with van der Waals surface area (Å²) in [5.41, 5.74) is 4.78. The molecule has 0 aromatic heterocycles. The molecule has 1 aliphatic rings. The summed E-state index contributed by atoms with van der Waals surface area (Å²) in [4.78, 5) is 26.3. The first kappa shape index (κ1) is 18.8. The molecule has 4 nitrogen and oxygen atoms in total. The molecule has 0 spiro atoms. The number of alkyl halides is 1. The average Bonchev–Trinajstić information content (AvgIpc) is 2.98. The number of aryl methyl sites for hydroxylation is 2. The minimum atomic E-state index is -0.604. The summed E-state index contributed by atoms with van der Waals surface area (Å²) in [5, 5.41) is 2.09. The molecule has 0 aliphatic carbocycles. The molecule has 2 aromatic rings. The fourth-order valence-corrected chi connectivity index (χ4v) is 4.14. The van der Waals surface area contributed by atoms with Crippen molar-refractivity contribution in [2.75, 3.05) is 16.0 Å². The summed E-state index contributed by atoms with van der Waals surface area (Å²) < 4.78 is 0. The number of anilines is 2. The van der Waals surface area contributed by atoms with Gasteiger partial charge in [0.1, 0.15) is 10.8 Å². The van der Waals surface area contributed by atoms with Gasteiger partial charge in [-0.3, -0.25) is 14.5 Å². The van der Waals surface area contributed by atoms with Crippen molar-refractivity contribution in [3.63, 3.8) is 0 Å². The summed E-state index contributed by atoms with van der Waals surface area (Å²) in [6.07, 6.45) is 0. The third-order valence-electron chi connectivity index (χ3n) is 4.29. The van der Waals surface area contributed by atoms with Crippen molar-refractivity contribution in [2.24, 2.45) is 0 Å². The Labute approximate surface area is 162 Å². The Morgan fingerprint density at radius 2 is 2.04 bits per heavy atom. The SMILES string of the molecule is Cc1ccc(C)c(N2C(=O)CS[C@@H]2c2cccc(NC(=O)[C@H](C)Cl)c2)c1. The number of nitrogens with zero attached hydrogens (tertiary/aromatic N) is 1. The van der Waals surface area contributed by atoms with Gasteiger partial charge in [0.2, 0.25) is 11.8 Å². The highest BCUT2D eigenvalue weighted by Gasteiger charge is 2.35. The van der Waals surface area contributed by atoms with Crippen LogP contribution in [0.1, 0.15) is 29.0 Å². The summed E-state index contributed by atoms with van der Waals surface area (Å²) in [6.45, 7) is 5.67. The molecular weight excluding hydrogens is 368 g/mol. The van der Waals surface area contributed by atoms with Crippen LogP contribution in [0, 0.1) is 13.8 Å². The van der Waals surface area contributed by atoms with Gasteiger partial charge >= 0.3 is 0 Å². The summed E-state index contributed by atoms with van der Waals surface area (Å²) >= 11 is 7.42. The number of halogens is 1. The van der Waals surface area contributed by atoms with Crippen LogP contribution in [0.25, 0.3) is 0 Å². The number of carbonyl (C=O) groups excluding carboxylic acids is 2. The van der Waals surface area contributed by atoms with E-state index in [0.29, 0.717) is 11.4 Å². The second-order valence-corrected chi connectivity index (χ2v) is 8.17. The van der Waals surface area contributed by atoms with Crippen LogP contribution in [0.15, 0.2) is 42.5 Å². The zero-order valence-electron chi connectivity index (χ0n) is 15.0. The molecule has 0 bridgehead atoms. The second-order valence-electron chi connectivity index (χ2n) is 6.45. The van der Waals surface area contributed by atoms with Crippen molar-refractivity contribution < 1.29 is 9.59 Å². The van der Waals surface area contributed by atoms with Crippen molar-refractivity contribution in [3.05, 3.63) is 59.2 Å². The molecule has 0 unspecified atom stereocenters. The third-order valence-corrected chi connectivity index (χ3v) is 5.70. The number of hydrogen-bond acceptors (Lipinski definition) is 3. The fraction of sp³-hybridized carbons (Fsp3) is 0.300. The molecule has 0 radical (unpaired) electrons. The van der Waals surface area contributed by atoms with Gasteiger partial charge in [-0.15, -0.1) is 23.4 Å². The number of nitrogens with one attached hydrogen (secondary N) is 1. The number of amides is 2. The van der Waals surface area contributed by atoms with Crippen LogP contribution >= 0.6 is 23.4 Å². The zero-order chi connectivity index (χ0) is 18.8. The largest absolute Gasteiger partial charge is 0.325 e. The number of thioether (sulfide) groups is 1. The average molecular weight is 389 g/mol. The predicted molar refractivity (Wildman–Crippen MR) is 109 cm³/mol. The van der Waals surface area contributed by atoms with E-state index in [-0.39, 0.29) is 17.2 Å². The molecule has 1 heterocycles. The fourth-order valence-electron chi connectivity index (χ4n) is 2.92. The van der Waals surface area contributed by atoms with Crippen molar-refractivity contribution >= 4 is 46.6 Å². The molecule has 6 heteroatoms. The van der Waals surface area contributed by atoms with Crippen molar-refractivity contribution in [1.29, 1.82) is 0 Å². The predicted octanol–water partition coefficient (Wildman–Crippen LogP) is 4.65. The van der Waals surface area contributed by atoms with E-state index >= 15 is 0 Å². The summed E-state index contributed by atoms with van der Waals surface area (Å²) in [5.74, 6) is 0.288. The Balaban J connectivity index is 1.94. The highest BCUT2D eigenvalue weighted by atomic mass is 35.5. The molecule has 1 aliphatic heterocycles. The van der Waals surface area contributed by atoms with E-state index in [0.717, 1.165) is 22.4 Å². The zero-order valence-corrected chi connectivity index (χ0v) is 16.5. The van der Waals surface area contributed by atoms with Gasteiger partial charge in [0.15, 0.2) is 0 Å². The van der Waals surface area contributed by atoms with E-state index in [1.165, 1.54) is 0 Å². The minimum Gasteiger partial charge on any atom is -0.325 e. The van der Waals surface area contributed by atoms with Gasteiger partial charge in [0, 0.05) is 11.4 Å². The van der Waals surface area contributed by atoms with Crippen LogP contribution in [0.5, 0.6) is 0 Å². The Morgan fingerprint density at radius 1 is 1.27 bits per heavy atom. The lowest BCUT2D eigenvalue weighted by Gasteiger charge is -2.26. The maximum atomic E-state index is 12.6. The van der Waals surface area contributed by atoms with Crippen molar-refractivity contribution in [3.8, 4) is 0 Å². The molecular formula is C20H21ClN2O2S. The maximum absolute atomic E-state index is 12.6. The molecule has 0 saturated carbocycles. The van der Waals surface area contributed by atoms with Gasteiger partial charge in [0.25, 0.3) is 0 Å². The molecule has 1 fully saturated rings. The topological polar surface area (TPSA) is 49.4 Å². The molecule has 1 saturated heterocycles. The van der Waals surface area contributed by atoms with Gasteiger partial charge in [0.05, 0.1) is 5.75 Å². The number of hydrogen-bond donors (Lipinski definition) is 1. The first-order valence-electron chi connectivity index (χ1n) is 8.42. The van der Waals surface area contributed by atoms with Crippen LogP contribution < -0.4 is 10.2 Å². The Bertz CT molecular complexity index is 853. The van der Waals surface area contributed by atoms with Crippen molar-refractivity contribution in [1.82, 2.24) is 0 Å². The van der Waals surface area contributed by atoms with E-state index < -0.39 is 5.38 Å². The Hall–Kier alpha value is -1.98. The van der Waals surface area contributed by atoms with Crippen LogP contribution in [0.2, 0.25) is 0 Å². The van der Waals surface area contributed by atoms with E-state index in [1.807, 2.05) is 61.2 Å². The van der Waals surface area contributed by atoms with Crippen LogP contribution in [0.3, 0.4) is 0 Å². The third kappa shape index (κ3) is 3.89. The first-order valence-corrected chi connectivity index (χ1v) is 9.91. The molecule has 2 atom stereocenters. The Kier molecular flexibility index (Phi) is 5.58. The van der Waals surface area contributed by atoms with Crippen LogP contribution in [0.4, 0.5) is 11.4 Å². The summed E-state index contributed by atoms with van der Waals surface area (Å²) in [7, 11) is 0. The lowest BCUT2D eigenvalue weighted by Crippen LogP contribution is -2.28. The van der Waals surface area contributed by atoms with Crippen molar-refractivity contribution in [2.45, 2.75) is 31.5 Å². The second kappa shape index (κ2) is 7.72.